The Bertz CT molecular complexity index is 1420. The zero-order valence-electron chi connectivity index (χ0n) is 21.4. The average molecular weight is 527 g/mol. The van der Waals surface area contributed by atoms with Gasteiger partial charge >= 0.3 is 5.97 Å². The second kappa shape index (κ2) is 10.3. The number of ether oxygens (including phenoxy) is 3. The first kappa shape index (κ1) is 25.3. The molecule has 39 heavy (non-hydrogen) atoms. The minimum absolute atomic E-state index is 0.0727. The fourth-order valence-electron chi connectivity index (χ4n) is 5.89. The summed E-state index contributed by atoms with van der Waals surface area (Å²) in [4.78, 5) is 26.0. The lowest BCUT2D eigenvalue weighted by Gasteiger charge is -2.42. The number of carbonyl (C=O) groups is 2. The molecule has 1 unspecified atom stereocenters. The Hall–Kier alpha value is -3.94. The largest absolute Gasteiger partial charge is 0.507 e. The molecule has 0 spiro atoms. The second-order valence-corrected chi connectivity index (χ2v) is 10.5. The van der Waals surface area contributed by atoms with Gasteiger partial charge in [0.05, 0.1) is 12.5 Å². The molecule has 3 aliphatic rings. The molecule has 2 bridgehead atoms. The summed E-state index contributed by atoms with van der Waals surface area (Å²) >= 11 is 0. The van der Waals surface area contributed by atoms with Gasteiger partial charge in [-0.15, -0.1) is 0 Å². The molecule has 200 valence electrons. The van der Waals surface area contributed by atoms with E-state index in [1.807, 2.05) is 66.7 Å². The number of hydrogen-bond donors (Lipinski definition) is 2. The van der Waals surface area contributed by atoms with Crippen molar-refractivity contribution in [3.05, 3.63) is 95.1 Å². The number of ketones is 1. The third-order valence-electron chi connectivity index (χ3n) is 7.67. The van der Waals surface area contributed by atoms with Gasteiger partial charge in [0, 0.05) is 24.5 Å². The van der Waals surface area contributed by atoms with Crippen molar-refractivity contribution in [2.45, 2.75) is 62.4 Å². The summed E-state index contributed by atoms with van der Waals surface area (Å²) in [5, 5.41) is 22.5. The number of aromatic hydroxyl groups is 1. The van der Waals surface area contributed by atoms with E-state index in [0.29, 0.717) is 24.8 Å². The highest BCUT2D eigenvalue weighted by molar-refractivity contribution is 6.03. The highest BCUT2D eigenvalue weighted by atomic mass is 16.6. The lowest BCUT2D eigenvalue weighted by Crippen LogP contribution is -2.42. The number of carbonyl (C=O) groups excluding carboxylic acids is 2. The lowest BCUT2D eigenvalue weighted by molar-refractivity contribution is -0.227. The predicted molar refractivity (Wildman–Crippen MR) is 144 cm³/mol. The Morgan fingerprint density at radius 1 is 1.00 bits per heavy atom. The summed E-state index contributed by atoms with van der Waals surface area (Å²) in [6, 6.07) is 20.4. The van der Waals surface area contributed by atoms with Crippen LogP contribution in [0.5, 0.6) is 17.2 Å². The molecule has 7 nitrogen and oxygen atoms in total. The molecule has 6 rings (SSSR count). The van der Waals surface area contributed by atoms with E-state index in [1.54, 1.807) is 6.08 Å². The number of Topliss-reactive ketones (excluding diaryl/α,β-unsaturated/α-hetero) is 1. The van der Waals surface area contributed by atoms with Crippen molar-refractivity contribution in [3.63, 3.8) is 0 Å². The highest BCUT2D eigenvalue weighted by Gasteiger charge is 2.44. The fourth-order valence-corrected chi connectivity index (χ4v) is 5.89. The Labute approximate surface area is 226 Å². The van der Waals surface area contributed by atoms with Crippen LogP contribution in [0.25, 0.3) is 6.08 Å². The van der Waals surface area contributed by atoms with Crippen molar-refractivity contribution in [3.8, 4) is 17.2 Å². The molecule has 3 heterocycles. The van der Waals surface area contributed by atoms with Crippen molar-refractivity contribution < 1.29 is 34.0 Å². The van der Waals surface area contributed by atoms with Crippen LogP contribution >= 0.6 is 0 Å². The number of benzene rings is 3. The molecule has 0 aliphatic carbocycles. The monoisotopic (exact) mass is 526 g/mol. The second-order valence-electron chi connectivity index (χ2n) is 10.5. The van der Waals surface area contributed by atoms with E-state index in [2.05, 4.69) is 0 Å². The predicted octanol–water partition coefficient (Wildman–Crippen LogP) is 5.85. The van der Waals surface area contributed by atoms with Crippen LogP contribution in [0, 0.1) is 0 Å². The molecule has 0 radical (unpaired) electrons. The number of aliphatic hydroxyl groups is 1. The van der Waals surface area contributed by atoms with Crippen LogP contribution in [0.4, 0.5) is 0 Å². The maximum absolute atomic E-state index is 13.3. The number of rotatable bonds is 3. The number of fused-ring (bicyclic) bond motifs is 6. The van der Waals surface area contributed by atoms with Gasteiger partial charge in [-0.05, 0) is 42.4 Å². The van der Waals surface area contributed by atoms with E-state index >= 15 is 0 Å². The SMILES string of the molecule is O=C1CCC[C@@H]2CC(C[C@](O)(/C=C/c3ccccc3)O2)c2c(cc(O)c3c2O[C@@H](c2ccccc2)CC3=O)O1. The lowest BCUT2D eigenvalue weighted by atomic mass is 9.79. The van der Waals surface area contributed by atoms with Gasteiger partial charge in [-0.25, -0.2) is 0 Å². The molecule has 1 saturated heterocycles. The molecule has 0 amide bonds. The quantitative estimate of drug-likeness (QED) is 0.326. The number of phenols is 1. The highest BCUT2D eigenvalue weighted by Crippen LogP contribution is 2.53. The van der Waals surface area contributed by atoms with Gasteiger partial charge in [-0.1, -0.05) is 66.7 Å². The van der Waals surface area contributed by atoms with Crippen LogP contribution in [-0.2, 0) is 9.53 Å². The summed E-state index contributed by atoms with van der Waals surface area (Å²) < 4.78 is 18.4. The summed E-state index contributed by atoms with van der Waals surface area (Å²) in [6.07, 6.45) is 4.61. The zero-order chi connectivity index (χ0) is 27.0. The van der Waals surface area contributed by atoms with Gasteiger partial charge in [-0.2, -0.15) is 0 Å². The molecule has 7 heteroatoms. The van der Waals surface area contributed by atoms with Crippen LogP contribution in [0.1, 0.15) is 77.6 Å². The van der Waals surface area contributed by atoms with Gasteiger partial charge in [0.2, 0.25) is 0 Å². The van der Waals surface area contributed by atoms with E-state index in [-0.39, 0.29) is 59.9 Å². The van der Waals surface area contributed by atoms with Crippen molar-refractivity contribution in [1.82, 2.24) is 0 Å². The van der Waals surface area contributed by atoms with E-state index < -0.39 is 17.9 Å². The van der Waals surface area contributed by atoms with Gasteiger partial charge in [0.25, 0.3) is 0 Å². The molecule has 3 aromatic carbocycles. The molecular weight excluding hydrogens is 496 g/mol. The molecule has 0 aromatic heterocycles. The molecule has 4 atom stereocenters. The topological polar surface area (TPSA) is 102 Å². The molecular formula is C32H30O7. The third-order valence-corrected chi connectivity index (χ3v) is 7.67. The minimum Gasteiger partial charge on any atom is -0.507 e. The third kappa shape index (κ3) is 5.20. The van der Waals surface area contributed by atoms with Crippen LogP contribution in [0.15, 0.2) is 72.8 Å². The summed E-state index contributed by atoms with van der Waals surface area (Å²) in [6.45, 7) is 0. The van der Waals surface area contributed by atoms with Crippen LogP contribution in [-0.4, -0.2) is 33.9 Å². The maximum Gasteiger partial charge on any atom is 0.311 e. The van der Waals surface area contributed by atoms with Crippen molar-refractivity contribution >= 4 is 17.8 Å². The zero-order valence-corrected chi connectivity index (χ0v) is 21.4. The summed E-state index contributed by atoms with van der Waals surface area (Å²) in [7, 11) is 0. The fraction of sp³-hybridized carbons (Fsp3) is 0.312. The first-order valence-electron chi connectivity index (χ1n) is 13.4. The number of phenolic OH excluding ortho intramolecular Hbond substituents is 1. The van der Waals surface area contributed by atoms with E-state index in [9.17, 15) is 19.8 Å². The van der Waals surface area contributed by atoms with E-state index in [0.717, 1.165) is 11.1 Å². The molecule has 3 aromatic rings. The number of esters is 1. The minimum atomic E-state index is -1.59. The van der Waals surface area contributed by atoms with Crippen LogP contribution in [0.2, 0.25) is 0 Å². The smallest absolute Gasteiger partial charge is 0.311 e. The van der Waals surface area contributed by atoms with Crippen LogP contribution < -0.4 is 9.47 Å². The van der Waals surface area contributed by atoms with Crippen molar-refractivity contribution in [1.29, 1.82) is 0 Å². The average Bonchev–Trinajstić information content (AvgIpc) is 2.92. The molecule has 1 fully saturated rings. The van der Waals surface area contributed by atoms with Gasteiger partial charge in [0.15, 0.2) is 11.6 Å². The van der Waals surface area contributed by atoms with E-state index in [1.165, 1.54) is 6.07 Å². The molecule has 0 saturated carbocycles. The maximum atomic E-state index is 13.3. The summed E-state index contributed by atoms with van der Waals surface area (Å²) in [5.41, 5.74) is 2.34. The van der Waals surface area contributed by atoms with Gasteiger partial charge in [-0.3, -0.25) is 9.59 Å². The number of hydrogen-bond acceptors (Lipinski definition) is 7. The molecule has 2 N–H and O–H groups in total. The van der Waals surface area contributed by atoms with Crippen molar-refractivity contribution in [2.75, 3.05) is 0 Å². The Morgan fingerprint density at radius 3 is 2.51 bits per heavy atom. The standard InChI is InChI=1S/C32H30O7/c33-24-17-26(21-10-5-2-6-11-21)38-31-29-22-16-23(12-7-13-28(35)37-27(29)18-25(34)30(24)31)39-32(36,19-22)15-14-20-8-3-1-4-9-20/h1-6,8-11,14-15,18,22-23,26,34,36H,7,12-13,16-17,19H2/b15-14+/t22?,23-,26-,32+/m1/s1. The van der Waals surface area contributed by atoms with E-state index in [4.69, 9.17) is 14.2 Å². The Balaban J connectivity index is 1.45. The van der Waals surface area contributed by atoms with Gasteiger partial charge < -0.3 is 24.4 Å². The Kier molecular flexibility index (Phi) is 6.71. The normalized spacial score (nSPS) is 26.7. The first-order valence-corrected chi connectivity index (χ1v) is 13.4. The van der Waals surface area contributed by atoms with Crippen LogP contribution in [0.3, 0.4) is 0 Å². The van der Waals surface area contributed by atoms with Crippen molar-refractivity contribution in [2.24, 2.45) is 0 Å². The molecule has 3 aliphatic heterocycles. The van der Waals surface area contributed by atoms with Gasteiger partial charge in [0.1, 0.15) is 28.9 Å². The summed E-state index contributed by atoms with van der Waals surface area (Å²) in [5.74, 6) is -2.57. The first-order chi connectivity index (χ1) is 18.9. The Morgan fingerprint density at radius 2 is 1.74 bits per heavy atom.